The molecule has 4 rings (SSSR count). The SMILES string of the molecule is O=C(NC1CC1)C1CCCN(C2CCN(CCCn3cccn3)CC2)C1. The molecule has 1 atom stereocenters. The number of nitrogens with zero attached hydrogens (tertiary/aromatic N) is 4. The Hall–Kier alpha value is -1.40. The van der Waals surface area contributed by atoms with Crippen LogP contribution in [0.3, 0.4) is 0 Å². The van der Waals surface area contributed by atoms with Gasteiger partial charge in [-0.1, -0.05) is 0 Å². The highest BCUT2D eigenvalue weighted by Crippen LogP contribution is 2.26. The van der Waals surface area contributed by atoms with Gasteiger partial charge in [-0.25, -0.2) is 0 Å². The minimum absolute atomic E-state index is 0.219. The number of aromatic nitrogens is 2. The summed E-state index contributed by atoms with van der Waals surface area (Å²) in [4.78, 5) is 17.6. The first-order valence-electron chi connectivity index (χ1n) is 10.5. The number of amides is 1. The molecule has 2 aliphatic heterocycles. The van der Waals surface area contributed by atoms with Crippen molar-refractivity contribution in [2.24, 2.45) is 5.92 Å². The number of aryl methyl sites for hydroxylation is 1. The number of carbonyl (C=O) groups is 1. The second-order valence-corrected chi connectivity index (χ2v) is 8.31. The van der Waals surface area contributed by atoms with E-state index >= 15 is 0 Å². The zero-order valence-electron chi connectivity index (χ0n) is 15.9. The number of nitrogens with one attached hydrogen (secondary N) is 1. The van der Waals surface area contributed by atoms with Crippen LogP contribution in [0.15, 0.2) is 18.5 Å². The van der Waals surface area contributed by atoms with Crippen molar-refractivity contribution in [1.82, 2.24) is 24.9 Å². The van der Waals surface area contributed by atoms with Crippen molar-refractivity contribution in [3.8, 4) is 0 Å². The first kappa shape index (κ1) is 18.0. The van der Waals surface area contributed by atoms with Gasteiger partial charge in [0.1, 0.15) is 0 Å². The van der Waals surface area contributed by atoms with E-state index in [-0.39, 0.29) is 5.92 Å². The monoisotopic (exact) mass is 359 g/mol. The van der Waals surface area contributed by atoms with Crippen LogP contribution in [0.5, 0.6) is 0 Å². The van der Waals surface area contributed by atoms with Crippen LogP contribution in [0.2, 0.25) is 0 Å². The van der Waals surface area contributed by atoms with Crippen molar-refractivity contribution in [3.63, 3.8) is 0 Å². The Morgan fingerprint density at radius 3 is 2.65 bits per heavy atom. The van der Waals surface area contributed by atoms with Gasteiger partial charge in [0.2, 0.25) is 5.91 Å². The molecule has 0 spiro atoms. The van der Waals surface area contributed by atoms with E-state index in [0.29, 0.717) is 18.0 Å². The molecule has 1 aromatic heterocycles. The summed E-state index contributed by atoms with van der Waals surface area (Å²) in [6, 6.07) is 3.15. The van der Waals surface area contributed by atoms with Gasteiger partial charge in [0.05, 0.1) is 5.92 Å². The number of likely N-dealkylation sites (tertiary alicyclic amines) is 2. The minimum atomic E-state index is 0.219. The molecule has 1 aliphatic carbocycles. The van der Waals surface area contributed by atoms with Crippen molar-refractivity contribution in [2.75, 3.05) is 32.7 Å². The van der Waals surface area contributed by atoms with E-state index in [1.54, 1.807) is 0 Å². The Morgan fingerprint density at radius 2 is 1.92 bits per heavy atom. The number of rotatable bonds is 7. The fourth-order valence-electron chi connectivity index (χ4n) is 4.50. The highest BCUT2D eigenvalue weighted by Gasteiger charge is 2.33. The van der Waals surface area contributed by atoms with Crippen LogP contribution in [-0.2, 0) is 11.3 Å². The third-order valence-electron chi connectivity index (χ3n) is 6.24. The van der Waals surface area contributed by atoms with Gasteiger partial charge in [-0.2, -0.15) is 5.10 Å². The average molecular weight is 360 g/mol. The Labute approximate surface area is 156 Å². The van der Waals surface area contributed by atoms with Gasteiger partial charge in [0.25, 0.3) is 0 Å². The maximum atomic E-state index is 12.4. The second-order valence-electron chi connectivity index (χ2n) is 8.31. The third kappa shape index (κ3) is 4.86. The standard InChI is InChI=1S/C20H33N5O/c26-20(22-18-5-6-18)17-4-1-11-24(16-17)19-7-14-23(15-8-19)10-3-13-25-12-2-9-21-25/h2,9,12,17-19H,1,3-8,10-11,13-16H2,(H,22,26). The lowest BCUT2D eigenvalue weighted by atomic mass is 9.93. The van der Waals surface area contributed by atoms with E-state index in [4.69, 9.17) is 0 Å². The third-order valence-corrected chi connectivity index (χ3v) is 6.24. The normalized spacial score (nSPS) is 26.1. The Bertz CT molecular complexity index is 563. The molecule has 1 N–H and O–H groups in total. The number of carbonyl (C=O) groups excluding carboxylic acids is 1. The first-order valence-corrected chi connectivity index (χ1v) is 10.5. The summed E-state index contributed by atoms with van der Waals surface area (Å²) < 4.78 is 2.02. The molecular weight excluding hydrogens is 326 g/mol. The van der Waals surface area contributed by atoms with Gasteiger partial charge in [-0.05, 0) is 77.2 Å². The van der Waals surface area contributed by atoms with Crippen molar-refractivity contribution >= 4 is 5.91 Å². The highest BCUT2D eigenvalue weighted by molar-refractivity contribution is 5.79. The molecule has 1 unspecified atom stereocenters. The Morgan fingerprint density at radius 1 is 1.08 bits per heavy atom. The van der Waals surface area contributed by atoms with Gasteiger partial charge >= 0.3 is 0 Å². The summed E-state index contributed by atoms with van der Waals surface area (Å²) in [5, 5.41) is 7.48. The van der Waals surface area contributed by atoms with Gasteiger partial charge in [0.15, 0.2) is 0 Å². The average Bonchev–Trinajstić information content (AvgIpc) is 3.34. The molecule has 3 fully saturated rings. The molecule has 0 bridgehead atoms. The number of piperidine rings is 2. The van der Waals surface area contributed by atoms with Gasteiger partial charge in [0, 0.05) is 37.6 Å². The van der Waals surface area contributed by atoms with Gasteiger partial charge in [-0.3, -0.25) is 14.4 Å². The second kappa shape index (κ2) is 8.53. The Balaban J connectivity index is 1.17. The summed E-state index contributed by atoms with van der Waals surface area (Å²) in [5.74, 6) is 0.532. The molecule has 26 heavy (non-hydrogen) atoms. The minimum Gasteiger partial charge on any atom is -0.353 e. The molecule has 2 saturated heterocycles. The van der Waals surface area contributed by atoms with E-state index in [1.165, 1.54) is 64.7 Å². The molecule has 3 heterocycles. The van der Waals surface area contributed by atoms with Crippen molar-refractivity contribution in [3.05, 3.63) is 18.5 Å². The molecule has 0 aromatic carbocycles. The van der Waals surface area contributed by atoms with Crippen LogP contribution >= 0.6 is 0 Å². The quantitative estimate of drug-likeness (QED) is 0.806. The van der Waals surface area contributed by atoms with Crippen LogP contribution in [-0.4, -0.2) is 70.3 Å². The molecule has 3 aliphatic rings. The lowest BCUT2D eigenvalue weighted by Crippen LogP contribution is -2.51. The van der Waals surface area contributed by atoms with E-state index in [2.05, 4.69) is 20.2 Å². The summed E-state index contributed by atoms with van der Waals surface area (Å²) >= 11 is 0. The van der Waals surface area contributed by atoms with E-state index in [9.17, 15) is 4.79 Å². The van der Waals surface area contributed by atoms with Crippen LogP contribution in [0.25, 0.3) is 0 Å². The predicted octanol–water partition coefficient (Wildman–Crippen LogP) is 1.73. The Kier molecular flexibility index (Phi) is 5.90. The van der Waals surface area contributed by atoms with Crippen molar-refractivity contribution in [2.45, 2.75) is 63.6 Å². The van der Waals surface area contributed by atoms with E-state index < -0.39 is 0 Å². The molecule has 6 nitrogen and oxygen atoms in total. The topological polar surface area (TPSA) is 53.4 Å². The molecular formula is C20H33N5O. The maximum absolute atomic E-state index is 12.4. The molecule has 6 heteroatoms. The van der Waals surface area contributed by atoms with E-state index in [0.717, 1.165) is 19.5 Å². The van der Waals surface area contributed by atoms with Crippen LogP contribution < -0.4 is 5.32 Å². The fourth-order valence-corrected chi connectivity index (χ4v) is 4.50. The largest absolute Gasteiger partial charge is 0.353 e. The van der Waals surface area contributed by atoms with Gasteiger partial charge in [-0.15, -0.1) is 0 Å². The molecule has 144 valence electrons. The highest BCUT2D eigenvalue weighted by atomic mass is 16.2. The number of hydrogen-bond donors (Lipinski definition) is 1. The fraction of sp³-hybridized carbons (Fsp3) is 0.800. The molecule has 1 saturated carbocycles. The van der Waals surface area contributed by atoms with Crippen LogP contribution in [0, 0.1) is 5.92 Å². The summed E-state index contributed by atoms with van der Waals surface area (Å²) in [5.41, 5.74) is 0. The summed E-state index contributed by atoms with van der Waals surface area (Å²) in [6.07, 6.45) is 12.2. The van der Waals surface area contributed by atoms with E-state index in [1.807, 2.05) is 23.1 Å². The first-order chi connectivity index (χ1) is 12.8. The van der Waals surface area contributed by atoms with Gasteiger partial charge < -0.3 is 10.2 Å². The lowest BCUT2D eigenvalue weighted by molar-refractivity contribution is -0.127. The van der Waals surface area contributed by atoms with Crippen LogP contribution in [0.4, 0.5) is 0 Å². The molecule has 0 radical (unpaired) electrons. The smallest absolute Gasteiger partial charge is 0.224 e. The maximum Gasteiger partial charge on any atom is 0.224 e. The molecule has 1 amide bonds. The zero-order valence-corrected chi connectivity index (χ0v) is 15.9. The number of hydrogen-bond acceptors (Lipinski definition) is 4. The van der Waals surface area contributed by atoms with Crippen molar-refractivity contribution in [1.29, 1.82) is 0 Å². The lowest BCUT2D eigenvalue weighted by Gasteiger charge is -2.42. The summed E-state index contributed by atoms with van der Waals surface area (Å²) in [6.45, 7) is 6.72. The molecule has 1 aromatic rings. The summed E-state index contributed by atoms with van der Waals surface area (Å²) in [7, 11) is 0. The van der Waals surface area contributed by atoms with Crippen LogP contribution in [0.1, 0.15) is 44.9 Å². The zero-order chi connectivity index (χ0) is 17.8. The predicted molar refractivity (Wildman–Crippen MR) is 102 cm³/mol. The van der Waals surface area contributed by atoms with Crippen molar-refractivity contribution < 1.29 is 4.79 Å².